The molecule has 1 amide bonds. The Morgan fingerprint density at radius 2 is 2.11 bits per heavy atom. The highest BCUT2D eigenvalue weighted by atomic mass is 32.2. The third-order valence-corrected chi connectivity index (χ3v) is 7.13. The van der Waals surface area contributed by atoms with Crippen LogP contribution in [-0.4, -0.2) is 50.1 Å². The van der Waals surface area contributed by atoms with Crippen molar-refractivity contribution >= 4 is 28.6 Å². The van der Waals surface area contributed by atoms with Crippen LogP contribution in [0.1, 0.15) is 16.8 Å². The van der Waals surface area contributed by atoms with Crippen molar-refractivity contribution < 1.29 is 13.9 Å². The molecule has 1 atom stereocenters. The van der Waals surface area contributed by atoms with Gasteiger partial charge < -0.3 is 14.2 Å². The molecule has 1 spiro atoms. The number of aryl methyl sites for hydroxylation is 1. The van der Waals surface area contributed by atoms with Gasteiger partial charge in [0.1, 0.15) is 6.10 Å². The minimum absolute atomic E-state index is 0.0101. The van der Waals surface area contributed by atoms with Crippen molar-refractivity contribution in [1.82, 2.24) is 14.5 Å². The summed E-state index contributed by atoms with van der Waals surface area (Å²) < 4.78 is 21.5. The van der Waals surface area contributed by atoms with Gasteiger partial charge in [0.25, 0.3) is 11.8 Å². The van der Waals surface area contributed by atoms with E-state index in [-0.39, 0.29) is 22.6 Å². The third kappa shape index (κ3) is 2.85. The molecular formula is C21H20FN3O2S. The molecule has 5 rings (SSSR count). The minimum Gasteiger partial charge on any atom is -0.471 e. The van der Waals surface area contributed by atoms with Crippen LogP contribution in [0.15, 0.2) is 48.8 Å². The van der Waals surface area contributed by atoms with E-state index >= 15 is 0 Å². The fourth-order valence-electron chi connectivity index (χ4n) is 4.19. The molecule has 28 heavy (non-hydrogen) atoms. The van der Waals surface area contributed by atoms with E-state index in [4.69, 9.17) is 4.74 Å². The third-order valence-electron chi connectivity index (χ3n) is 5.55. The van der Waals surface area contributed by atoms with Crippen LogP contribution < -0.4 is 4.74 Å². The highest BCUT2D eigenvalue weighted by Crippen LogP contribution is 2.46. The van der Waals surface area contributed by atoms with Gasteiger partial charge >= 0.3 is 0 Å². The van der Waals surface area contributed by atoms with E-state index in [0.29, 0.717) is 13.1 Å². The number of aromatic nitrogens is 2. The van der Waals surface area contributed by atoms with Gasteiger partial charge in [-0.05, 0) is 18.2 Å². The summed E-state index contributed by atoms with van der Waals surface area (Å²) in [6.45, 7) is 1.40. The molecule has 2 fully saturated rings. The fourth-order valence-corrected chi connectivity index (χ4v) is 5.71. The zero-order chi connectivity index (χ0) is 19.3. The van der Waals surface area contributed by atoms with Crippen LogP contribution in [0.25, 0.3) is 10.9 Å². The average molecular weight is 397 g/mol. The van der Waals surface area contributed by atoms with E-state index in [1.54, 1.807) is 6.07 Å². The van der Waals surface area contributed by atoms with Gasteiger partial charge in [-0.2, -0.15) is 0 Å². The second kappa shape index (κ2) is 6.51. The maximum absolute atomic E-state index is 13.8. The van der Waals surface area contributed by atoms with Gasteiger partial charge in [-0.25, -0.2) is 9.37 Å². The molecule has 7 heteroatoms. The van der Waals surface area contributed by atoms with Crippen molar-refractivity contribution in [3.63, 3.8) is 0 Å². The zero-order valence-electron chi connectivity index (χ0n) is 15.5. The van der Waals surface area contributed by atoms with Gasteiger partial charge in [-0.3, -0.25) is 4.79 Å². The Morgan fingerprint density at radius 1 is 1.29 bits per heavy atom. The number of carbonyl (C=O) groups is 1. The van der Waals surface area contributed by atoms with E-state index < -0.39 is 5.82 Å². The van der Waals surface area contributed by atoms with Crippen LogP contribution in [0.5, 0.6) is 5.88 Å². The van der Waals surface area contributed by atoms with Crippen LogP contribution in [0.2, 0.25) is 0 Å². The summed E-state index contributed by atoms with van der Waals surface area (Å²) >= 11 is 1.82. The molecule has 144 valence electrons. The van der Waals surface area contributed by atoms with Crippen molar-refractivity contribution in [2.45, 2.75) is 17.3 Å². The number of ether oxygens (including phenoxy) is 1. The maximum Gasteiger partial charge on any atom is 0.256 e. The molecule has 2 aliphatic heterocycles. The summed E-state index contributed by atoms with van der Waals surface area (Å²) in [6.07, 6.45) is 4.16. The molecule has 4 heterocycles. The van der Waals surface area contributed by atoms with Crippen molar-refractivity contribution in [2.75, 3.05) is 18.8 Å². The second-order valence-electron chi connectivity index (χ2n) is 7.56. The molecule has 0 saturated carbocycles. The van der Waals surface area contributed by atoms with E-state index in [1.807, 2.05) is 58.7 Å². The number of fused-ring (bicyclic) bond motifs is 1. The number of pyridine rings is 1. The first-order chi connectivity index (χ1) is 13.5. The van der Waals surface area contributed by atoms with Crippen LogP contribution in [0.4, 0.5) is 4.39 Å². The van der Waals surface area contributed by atoms with Gasteiger partial charge in [0, 0.05) is 55.6 Å². The molecule has 1 aromatic carbocycles. The standard InChI is InChI=1S/C21H20FN3O2S/c1-24-10-16(15-5-2-3-7-18(15)24)20(26)25-12-21(13-25)9-14(11-28-21)27-19-17(22)6-4-8-23-19/h2-8,10,14H,9,11-13H2,1H3/t14-/m0/s1. The molecular weight excluding hydrogens is 377 g/mol. The zero-order valence-corrected chi connectivity index (χ0v) is 16.3. The molecule has 2 saturated heterocycles. The number of likely N-dealkylation sites (tertiary alicyclic amines) is 1. The van der Waals surface area contributed by atoms with Crippen molar-refractivity contribution in [3.05, 3.63) is 60.2 Å². The number of hydrogen-bond acceptors (Lipinski definition) is 4. The summed E-state index contributed by atoms with van der Waals surface area (Å²) in [5, 5.41) is 0.988. The van der Waals surface area contributed by atoms with Gasteiger partial charge in [0.15, 0.2) is 5.82 Å². The number of rotatable bonds is 3. The summed E-state index contributed by atoms with van der Waals surface area (Å²) in [5.74, 6) is 0.484. The molecule has 0 N–H and O–H groups in total. The van der Waals surface area contributed by atoms with Gasteiger partial charge in [-0.1, -0.05) is 18.2 Å². The van der Waals surface area contributed by atoms with Crippen LogP contribution in [0.3, 0.4) is 0 Å². The Labute approximate surface area is 166 Å². The molecule has 3 aromatic rings. The van der Waals surface area contributed by atoms with Gasteiger partial charge in [0.05, 0.1) is 10.3 Å². The highest BCUT2D eigenvalue weighted by molar-refractivity contribution is 8.01. The molecule has 0 radical (unpaired) electrons. The number of para-hydroxylation sites is 1. The number of halogens is 1. The molecule has 5 nitrogen and oxygen atoms in total. The van der Waals surface area contributed by atoms with Crippen LogP contribution >= 0.6 is 11.8 Å². The second-order valence-corrected chi connectivity index (χ2v) is 9.05. The lowest BCUT2D eigenvalue weighted by molar-refractivity contribution is 0.0516. The Bertz CT molecular complexity index is 1060. The monoisotopic (exact) mass is 397 g/mol. The predicted molar refractivity (Wildman–Crippen MR) is 107 cm³/mol. The van der Waals surface area contributed by atoms with E-state index in [2.05, 4.69) is 4.98 Å². The number of amides is 1. The lowest BCUT2D eigenvalue weighted by Gasteiger charge is -2.47. The fraction of sp³-hybridized carbons (Fsp3) is 0.333. The SMILES string of the molecule is Cn1cc(C(=O)N2CC3(C[C@H](Oc4ncccc4F)CS3)C2)c2ccccc21. The lowest BCUT2D eigenvalue weighted by atomic mass is 9.92. The topological polar surface area (TPSA) is 47.4 Å². The van der Waals surface area contributed by atoms with Gasteiger partial charge in [0.2, 0.25) is 0 Å². The first-order valence-electron chi connectivity index (χ1n) is 9.29. The number of nitrogens with zero attached hydrogens (tertiary/aromatic N) is 3. The van der Waals surface area contributed by atoms with Crippen molar-refractivity contribution in [2.24, 2.45) is 7.05 Å². The van der Waals surface area contributed by atoms with Crippen molar-refractivity contribution in [1.29, 1.82) is 0 Å². The highest BCUT2D eigenvalue weighted by Gasteiger charge is 2.51. The number of thioether (sulfide) groups is 1. The lowest BCUT2D eigenvalue weighted by Crippen LogP contribution is -2.60. The predicted octanol–water partition coefficient (Wildman–Crippen LogP) is 3.49. The Morgan fingerprint density at radius 3 is 2.93 bits per heavy atom. The van der Waals surface area contributed by atoms with E-state index in [0.717, 1.165) is 28.6 Å². The van der Waals surface area contributed by atoms with Crippen molar-refractivity contribution in [3.8, 4) is 5.88 Å². The Kier molecular flexibility index (Phi) is 4.08. The maximum atomic E-state index is 13.8. The Balaban J connectivity index is 1.26. The quantitative estimate of drug-likeness (QED) is 0.679. The first-order valence-corrected chi connectivity index (χ1v) is 10.3. The largest absolute Gasteiger partial charge is 0.471 e. The molecule has 2 aliphatic rings. The molecule has 0 bridgehead atoms. The number of hydrogen-bond donors (Lipinski definition) is 0. The van der Waals surface area contributed by atoms with Crippen LogP contribution in [0, 0.1) is 5.82 Å². The molecule has 0 aliphatic carbocycles. The molecule has 0 unspecified atom stereocenters. The molecule has 2 aromatic heterocycles. The number of benzene rings is 1. The summed E-state index contributed by atoms with van der Waals surface area (Å²) in [6, 6.07) is 10.9. The smallest absolute Gasteiger partial charge is 0.256 e. The average Bonchev–Trinajstić information content (AvgIpc) is 3.24. The Hall–Kier alpha value is -2.54. The van der Waals surface area contributed by atoms with Gasteiger partial charge in [-0.15, -0.1) is 11.8 Å². The minimum atomic E-state index is -0.435. The summed E-state index contributed by atoms with van der Waals surface area (Å²) in [7, 11) is 1.96. The normalized spacial score (nSPS) is 20.5. The summed E-state index contributed by atoms with van der Waals surface area (Å²) in [5.41, 5.74) is 1.81. The van der Waals surface area contributed by atoms with Crippen LogP contribution in [-0.2, 0) is 7.05 Å². The van der Waals surface area contributed by atoms with E-state index in [9.17, 15) is 9.18 Å². The summed E-state index contributed by atoms with van der Waals surface area (Å²) in [4.78, 5) is 18.9. The van der Waals surface area contributed by atoms with E-state index in [1.165, 1.54) is 12.3 Å². The first kappa shape index (κ1) is 17.6. The number of carbonyl (C=O) groups excluding carboxylic acids is 1.